The second-order valence-corrected chi connectivity index (χ2v) is 6.02. The van der Waals surface area contributed by atoms with E-state index in [-0.39, 0.29) is 0 Å². The fourth-order valence-corrected chi connectivity index (χ4v) is 2.27. The lowest BCUT2D eigenvalue weighted by atomic mass is 10.0. The van der Waals surface area contributed by atoms with E-state index < -0.39 is 0 Å². The van der Waals surface area contributed by atoms with Gasteiger partial charge in [-0.05, 0) is 39.0 Å². The third kappa shape index (κ3) is 3.95. The molecule has 1 heterocycles. The minimum Gasteiger partial charge on any atom is -0.378 e. The molecule has 19 heavy (non-hydrogen) atoms. The molecule has 0 aliphatic heterocycles. The largest absolute Gasteiger partial charge is 0.378 e. The van der Waals surface area contributed by atoms with Crippen LogP contribution in [0.15, 0.2) is 41.0 Å². The van der Waals surface area contributed by atoms with E-state index in [9.17, 15) is 0 Å². The molecule has 0 radical (unpaired) electrons. The van der Waals surface area contributed by atoms with Crippen LogP contribution in [-0.4, -0.2) is 4.98 Å². The number of anilines is 1. The highest BCUT2D eigenvalue weighted by molar-refractivity contribution is 9.10. The molecule has 1 aromatic heterocycles. The van der Waals surface area contributed by atoms with E-state index in [0.717, 1.165) is 16.7 Å². The fraction of sp³-hybridized carbons (Fsp3) is 0.267. The standard InChI is InChI=1S/C15H16BrClN2/c1-10(2)12-5-3-11(4-6-12)8-18-14-7-13(16)9-19-15(14)17/h3-7,9-10,18H,8H2,1-2H3. The Balaban J connectivity index is 2.04. The Morgan fingerprint density at radius 3 is 2.58 bits per heavy atom. The van der Waals surface area contributed by atoms with Crippen LogP contribution in [0.1, 0.15) is 30.9 Å². The van der Waals surface area contributed by atoms with Crippen molar-refractivity contribution in [3.63, 3.8) is 0 Å². The summed E-state index contributed by atoms with van der Waals surface area (Å²) in [5.74, 6) is 0.561. The van der Waals surface area contributed by atoms with Crippen molar-refractivity contribution in [1.29, 1.82) is 0 Å². The lowest BCUT2D eigenvalue weighted by Gasteiger charge is -2.10. The second kappa shape index (κ2) is 6.40. The van der Waals surface area contributed by atoms with E-state index >= 15 is 0 Å². The molecule has 0 aliphatic rings. The zero-order valence-corrected chi connectivity index (χ0v) is 13.3. The summed E-state index contributed by atoms with van der Waals surface area (Å²) in [5, 5.41) is 3.78. The van der Waals surface area contributed by atoms with Gasteiger partial charge < -0.3 is 5.32 Å². The molecular weight excluding hydrogens is 324 g/mol. The Kier molecular flexibility index (Phi) is 4.83. The highest BCUT2D eigenvalue weighted by Gasteiger charge is 2.03. The quantitative estimate of drug-likeness (QED) is 0.771. The molecule has 1 aromatic carbocycles. The third-order valence-electron chi connectivity index (χ3n) is 2.94. The molecule has 0 spiro atoms. The van der Waals surface area contributed by atoms with Gasteiger partial charge in [-0.15, -0.1) is 0 Å². The minimum absolute atomic E-state index is 0.488. The topological polar surface area (TPSA) is 24.9 Å². The van der Waals surface area contributed by atoms with E-state index in [4.69, 9.17) is 11.6 Å². The average molecular weight is 340 g/mol. The summed E-state index contributed by atoms with van der Waals surface area (Å²) in [7, 11) is 0. The lowest BCUT2D eigenvalue weighted by Crippen LogP contribution is -2.01. The number of benzene rings is 1. The smallest absolute Gasteiger partial charge is 0.152 e. The number of rotatable bonds is 4. The lowest BCUT2D eigenvalue weighted by molar-refractivity contribution is 0.865. The first kappa shape index (κ1) is 14.4. The summed E-state index contributed by atoms with van der Waals surface area (Å²) in [6, 6.07) is 10.5. The van der Waals surface area contributed by atoms with E-state index in [2.05, 4.69) is 64.3 Å². The number of halogens is 2. The zero-order chi connectivity index (χ0) is 13.8. The van der Waals surface area contributed by atoms with Gasteiger partial charge >= 0.3 is 0 Å². The Labute approximate surface area is 127 Å². The summed E-state index contributed by atoms with van der Waals surface area (Å²) < 4.78 is 0.912. The molecule has 0 amide bonds. The molecule has 2 aromatic rings. The number of nitrogens with one attached hydrogen (secondary N) is 1. The number of aromatic nitrogens is 1. The van der Waals surface area contributed by atoms with Crippen molar-refractivity contribution in [3.05, 3.63) is 57.3 Å². The van der Waals surface area contributed by atoms with Gasteiger partial charge in [0.25, 0.3) is 0 Å². The van der Waals surface area contributed by atoms with Crippen LogP contribution in [0.4, 0.5) is 5.69 Å². The van der Waals surface area contributed by atoms with Gasteiger partial charge in [-0.25, -0.2) is 4.98 Å². The predicted octanol–water partition coefficient (Wildman–Crippen LogP) is 5.23. The summed E-state index contributed by atoms with van der Waals surface area (Å²) >= 11 is 9.42. The summed E-state index contributed by atoms with van der Waals surface area (Å²) in [4.78, 5) is 4.08. The fourth-order valence-electron chi connectivity index (χ4n) is 1.76. The van der Waals surface area contributed by atoms with Gasteiger partial charge in [0.1, 0.15) is 0 Å². The van der Waals surface area contributed by atoms with Crippen LogP contribution in [0.2, 0.25) is 5.15 Å². The van der Waals surface area contributed by atoms with Crippen LogP contribution in [0.5, 0.6) is 0 Å². The van der Waals surface area contributed by atoms with Crippen LogP contribution in [0, 0.1) is 0 Å². The predicted molar refractivity (Wildman–Crippen MR) is 84.8 cm³/mol. The zero-order valence-electron chi connectivity index (χ0n) is 11.0. The Morgan fingerprint density at radius 2 is 1.95 bits per heavy atom. The summed E-state index contributed by atoms with van der Waals surface area (Å²) in [6.45, 7) is 5.12. The van der Waals surface area contributed by atoms with E-state index in [1.807, 2.05) is 6.07 Å². The van der Waals surface area contributed by atoms with Gasteiger partial charge in [-0.3, -0.25) is 0 Å². The molecule has 0 bridgehead atoms. The van der Waals surface area contributed by atoms with Crippen molar-refractivity contribution in [3.8, 4) is 0 Å². The number of hydrogen-bond donors (Lipinski definition) is 1. The highest BCUT2D eigenvalue weighted by atomic mass is 79.9. The Bertz CT molecular complexity index is 553. The number of pyridine rings is 1. The highest BCUT2D eigenvalue weighted by Crippen LogP contribution is 2.23. The van der Waals surface area contributed by atoms with Gasteiger partial charge in [0, 0.05) is 17.2 Å². The van der Waals surface area contributed by atoms with E-state index in [1.165, 1.54) is 11.1 Å². The maximum absolute atomic E-state index is 6.03. The molecule has 0 atom stereocenters. The second-order valence-electron chi connectivity index (χ2n) is 4.74. The first-order valence-electron chi connectivity index (χ1n) is 6.20. The van der Waals surface area contributed by atoms with Gasteiger partial charge in [0.15, 0.2) is 5.15 Å². The normalized spacial score (nSPS) is 10.8. The molecule has 100 valence electrons. The molecule has 0 aliphatic carbocycles. The Hall–Kier alpha value is -1.06. The molecule has 4 heteroatoms. The van der Waals surface area contributed by atoms with Gasteiger partial charge in [0.2, 0.25) is 0 Å². The van der Waals surface area contributed by atoms with Crippen molar-refractivity contribution in [2.24, 2.45) is 0 Å². The van der Waals surface area contributed by atoms with Crippen LogP contribution >= 0.6 is 27.5 Å². The molecule has 0 saturated carbocycles. The van der Waals surface area contributed by atoms with Crippen LogP contribution in [-0.2, 0) is 6.54 Å². The van der Waals surface area contributed by atoms with E-state index in [1.54, 1.807) is 6.20 Å². The first-order chi connectivity index (χ1) is 9.06. The van der Waals surface area contributed by atoms with Crippen molar-refractivity contribution in [2.45, 2.75) is 26.3 Å². The van der Waals surface area contributed by atoms with Crippen molar-refractivity contribution < 1.29 is 0 Å². The maximum atomic E-state index is 6.03. The number of hydrogen-bond acceptors (Lipinski definition) is 2. The SMILES string of the molecule is CC(C)c1ccc(CNc2cc(Br)cnc2Cl)cc1. The molecule has 0 saturated heterocycles. The third-order valence-corrected chi connectivity index (χ3v) is 3.67. The monoisotopic (exact) mass is 338 g/mol. The van der Waals surface area contributed by atoms with Crippen LogP contribution < -0.4 is 5.32 Å². The van der Waals surface area contributed by atoms with Crippen molar-refractivity contribution >= 4 is 33.2 Å². The van der Waals surface area contributed by atoms with Gasteiger partial charge in [0.05, 0.1) is 5.69 Å². The maximum Gasteiger partial charge on any atom is 0.152 e. The van der Waals surface area contributed by atoms with E-state index in [0.29, 0.717) is 11.1 Å². The summed E-state index contributed by atoms with van der Waals surface area (Å²) in [6.07, 6.45) is 1.69. The van der Waals surface area contributed by atoms with Gasteiger partial charge in [-0.1, -0.05) is 49.7 Å². The first-order valence-corrected chi connectivity index (χ1v) is 7.37. The molecule has 2 rings (SSSR count). The van der Waals surface area contributed by atoms with Gasteiger partial charge in [-0.2, -0.15) is 0 Å². The number of nitrogens with zero attached hydrogens (tertiary/aromatic N) is 1. The molecule has 0 fully saturated rings. The molecular formula is C15H16BrClN2. The van der Waals surface area contributed by atoms with Crippen LogP contribution in [0.3, 0.4) is 0 Å². The van der Waals surface area contributed by atoms with Crippen molar-refractivity contribution in [2.75, 3.05) is 5.32 Å². The van der Waals surface area contributed by atoms with Crippen molar-refractivity contribution in [1.82, 2.24) is 4.98 Å². The van der Waals surface area contributed by atoms with Crippen LogP contribution in [0.25, 0.3) is 0 Å². The molecule has 1 N–H and O–H groups in total. The summed E-state index contributed by atoms with van der Waals surface area (Å²) in [5.41, 5.74) is 3.41. The average Bonchev–Trinajstić information content (AvgIpc) is 2.40. The molecule has 2 nitrogen and oxygen atoms in total. The molecule has 0 unspecified atom stereocenters. The minimum atomic E-state index is 0.488. The Morgan fingerprint density at radius 1 is 1.26 bits per heavy atom.